The molecule has 0 radical (unpaired) electrons. The maximum Gasteiger partial charge on any atom is 0.214 e. The molecule has 1 N–H and O–H groups in total. The Bertz CT molecular complexity index is 1030. The minimum atomic E-state index is -0.0657. The number of benzene rings is 1. The summed E-state index contributed by atoms with van der Waals surface area (Å²) in [5.74, 6) is 0. The molecule has 6 heteroatoms. The van der Waals surface area contributed by atoms with Crippen LogP contribution in [0.3, 0.4) is 0 Å². The first kappa shape index (κ1) is 17.7. The van der Waals surface area contributed by atoms with E-state index in [0.717, 1.165) is 27.0 Å². The van der Waals surface area contributed by atoms with Crippen molar-refractivity contribution in [1.29, 1.82) is 0 Å². The van der Waals surface area contributed by atoms with E-state index >= 15 is 0 Å². The molecule has 0 bridgehead atoms. The van der Waals surface area contributed by atoms with Crippen molar-refractivity contribution in [2.75, 3.05) is 5.32 Å². The van der Waals surface area contributed by atoms with Crippen LogP contribution in [0.15, 0.2) is 54.9 Å². The van der Waals surface area contributed by atoms with Crippen LogP contribution < -0.4 is 5.32 Å². The molecule has 5 nitrogen and oxygen atoms in total. The molecule has 27 heavy (non-hydrogen) atoms. The van der Waals surface area contributed by atoms with Crippen LogP contribution in [0.25, 0.3) is 4.96 Å². The number of hydrogen-bond donors (Lipinski definition) is 1. The Balaban J connectivity index is 1.69. The summed E-state index contributed by atoms with van der Waals surface area (Å²) in [6.45, 7) is 8.58. The van der Waals surface area contributed by atoms with Gasteiger partial charge in [-0.3, -0.25) is 4.98 Å². The van der Waals surface area contributed by atoms with Gasteiger partial charge < -0.3 is 5.32 Å². The Kier molecular flexibility index (Phi) is 4.44. The van der Waals surface area contributed by atoms with E-state index < -0.39 is 0 Å². The molecule has 4 aromatic rings. The molecule has 0 spiro atoms. The summed E-state index contributed by atoms with van der Waals surface area (Å²) in [7, 11) is 0. The zero-order valence-corrected chi connectivity index (χ0v) is 16.8. The highest BCUT2D eigenvalue weighted by Gasteiger charge is 2.21. The minimum Gasteiger partial charge on any atom is -0.348 e. The number of nitrogens with one attached hydrogen (secondary N) is 1. The lowest BCUT2D eigenvalue weighted by molar-refractivity contribution is 0.572. The number of anilines is 1. The van der Waals surface area contributed by atoms with Crippen molar-refractivity contribution in [1.82, 2.24) is 19.6 Å². The van der Waals surface area contributed by atoms with Gasteiger partial charge in [-0.15, -0.1) is 5.10 Å². The fourth-order valence-corrected chi connectivity index (χ4v) is 3.78. The number of hydrogen-bond acceptors (Lipinski definition) is 5. The van der Waals surface area contributed by atoms with Gasteiger partial charge in [-0.2, -0.15) is 0 Å². The van der Waals surface area contributed by atoms with Crippen LogP contribution in [0, 0.1) is 6.92 Å². The van der Waals surface area contributed by atoms with E-state index in [1.54, 1.807) is 11.3 Å². The number of rotatable bonds is 4. The van der Waals surface area contributed by atoms with Crippen LogP contribution in [0.2, 0.25) is 0 Å². The van der Waals surface area contributed by atoms with E-state index in [4.69, 9.17) is 10.1 Å². The molecule has 0 amide bonds. The number of fused-ring (bicyclic) bond motifs is 1. The SMILES string of the molecule is Cc1cccc(C(Nc2nn3cc(C(C)(C)C)nc3s2)c2ccccn2)c1. The highest BCUT2D eigenvalue weighted by atomic mass is 32.1. The second-order valence-corrected chi connectivity index (χ2v) is 8.71. The molecule has 1 atom stereocenters. The van der Waals surface area contributed by atoms with E-state index in [1.807, 2.05) is 35.1 Å². The molecule has 138 valence electrons. The second kappa shape index (κ2) is 6.78. The van der Waals surface area contributed by atoms with E-state index in [2.05, 4.69) is 62.3 Å². The first-order chi connectivity index (χ1) is 12.9. The molecule has 1 unspecified atom stereocenters. The number of aromatic nitrogens is 4. The number of aryl methyl sites for hydroxylation is 1. The summed E-state index contributed by atoms with van der Waals surface area (Å²) in [5, 5.41) is 9.08. The third-order valence-electron chi connectivity index (χ3n) is 4.44. The lowest BCUT2D eigenvalue weighted by atomic mass is 9.93. The van der Waals surface area contributed by atoms with Crippen molar-refractivity contribution in [3.63, 3.8) is 0 Å². The lowest BCUT2D eigenvalue weighted by Gasteiger charge is -2.18. The summed E-state index contributed by atoms with van der Waals surface area (Å²) in [5.41, 5.74) is 4.41. The van der Waals surface area contributed by atoms with E-state index in [1.165, 1.54) is 5.56 Å². The average molecular weight is 378 g/mol. The molecule has 4 rings (SSSR count). The molecule has 0 saturated carbocycles. The first-order valence-electron chi connectivity index (χ1n) is 9.01. The van der Waals surface area contributed by atoms with Crippen LogP contribution in [-0.4, -0.2) is 19.6 Å². The largest absolute Gasteiger partial charge is 0.348 e. The van der Waals surface area contributed by atoms with Gasteiger partial charge in [0, 0.05) is 11.6 Å². The maximum atomic E-state index is 4.73. The first-order valence-corrected chi connectivity index (χ1v) is 9.82. The van der Waals surface area contributed by atoms with Gasteiger partial charge in [0.25, 0.3) is 0 Å². The van der Waals surface area contributed by atoms with Crippen molar-refractivity contribution in [3.05, 3.63) is 77.4 Å². The minimum absolute atomic E-state index is 0.0130. The molecule has 0 aliphatic rings. The smallest absolute Gasteiger partial charge is 0.214 e. The zero-order chi connectivity index (χ0) is 19.0. The van der Waals surface area contributed by atoms with Gasteiger partial charge in [0.1, 0.15) is 0 Å². The normalized spacial score (nSPS) is 13.0. The Morgan fingerprint density at radius 3 is 2.63 bits per heavy atom. The van der Waals surface area contributed by atoms with Crippen molar-refractivity contribution >= 4 is 21.4 Å². The van der Waals surface area contributed by atoms with E-state index in [9.17, 15) is 0 Å². The number of pyridine rings is 1. The van der Waals surface area contributed by atoms with Crippen molar-refractivity contribution in [2.45, 2.75) is 39.2 Å². The Hall–Kier alpha value is -2.73. The maximum absolute atomic E-state index is 4.73. The quantitative estimate of drug-likeness (QED) is 0.544. The number of nitrogens with zero attached hydrogens (tertiary/aromatic N) is 4. The lowest BCUT2D eigenvalue weighted by Crippen LogP contribution is -2.14. The highest BCUT2D eigenvalue weighted by Crippen LogP contribution is 2.30. The molecule has 3 heterocycles. The molecule has 1 aromatic carbocycles. The predicted octanol–water partition coefficient (Wildman–Crippen LogP) is 4.99. The van der Waals surface area contributed by atoms with Gasteiger partial charge in [-0.05, 0) is 24.6 Å². The zero-order valence-electron chi connectivity index (χ0n) is 16.0. The summed E-state index contributed by atoms with van der Waals surface area (Å²) in [6, 6.07) is 14.4. The van der Waals surface area contributed by atoms with Gasteiger partial charge >= 0.3 is 0 Å². The summed E-state index contributed by atoms with van der Waals surface area (Å²) in [6.07, 6.45) is 3.84. The van der Waals surface area contributed by atoms with E-state index in [0.29, 0.717) is 0 Å². The van der Waals surface area contributed by atoms with Crippen LogP contribution in [0.1, 0.15) is 49.3 Å². The molecular formula is C21H23N5S. The molecule has 0 saturated heterocycles. The van der Waals surface area contributed by atoms with Crippen LogP contribution in [0.5, 0.6) is 0 Å². The Morgan fingerprint density at radius 2 is 1.96 bits per heavy atom. The molecule has 3 aromatic heterocycles. The van der Waals surface area contributed by atoms with Crippen LogP contribution in [0.4, 0.5) is 5.13 Å². The highest BCUT2D eigenvalue weighted by molar-refractivity contribution is 7.20. The molecular weight excluding hydrogens is 354 g/mol. The molecule has 0 aliphatic heterocycles. The fraction of sp³-hybridized carbons (Fsp3) is 0.286. The van der Waals surface area contributed by atoms with Gasteiger partial charge in [0.15, 0.2) is 0 Å². The van der Waals surface area contributed by atoms with E-state index in [-0.39, 0.29) is 11.5 Å². The van der Waals surface area contributed by atoms with Crippen molar-refractivity contribution < 1.29 is 0 Å². The van der Waals surface area contributed by atoms with Crippen molar-refractivity contribution in [2.24, 2.45) is 0 Å². The van der Waals surface area contributed by atoms with Gasteiger partial charge in [0.2, 0.25) is 10.1 Å². The summed E-state index contributed by atoms with van der Waals surface area (Å²) >= 11 is 1.56. The summed E-state index contributed by atoms with van der Waals surface area (Å²) < 4.78 is 1.86. The second-order valence-electron chi connectivity index (χ2n) is 7.76. The Labute approximate surface area is 163 Å². The third-order valence-corrected chi connectivity index (χ3v) is 5.29. The monoisotopic (exact) mass is 377 g/mol. The van der Waals surface area contributed by atoms with Gasteiger partial charge in [0.05, 0.1) is 23.6 Å². The molecule has 0 fully saturated rings. The van der Waals surface area contributed by atoms with Gasteiger partial charge in [-0.1, -0.05) is 68.0 Å². The third kappa shape index (κ3) is 3.71. The van der Waals surface area contributed by atoms with Crippen molar-refractivity contribution in [3.8, 4) is 0 Å². The summed E-state index contributed by atoms with van der Waals surface area (Å²) in [4.78, 5) is 10.2. The topological polar surface area (TPSA) is 55.1 Å². The Morgan fingerprint density at radius 1 is 1.11 bits per heavy atom. The van der Waals surface area contributed by atoms with Crippen LogP contribution in [-0.2, 0) is 5.41 Å². The number of imidazole rings is 1. The molecule has 0 aliphatic carbocycles. The fourth-order valence-electron chi connectivity index (χ4n) is 2.97. The average Bonchev–Trinajstić information content (AvgIpc) is 3.19. The van der Waals surface area contributed by atoms with Gasteiger partial charge in [-0.25, -0.2) is 9.50 Å². The van der Waals surface area contributed by atoms with Crippen LogP contribution >= 0.6 is 11.3 Å². The predicted molar refractivity (Wildman–Crippen MR) is 110 cm³/mol. The standard InChI is InChI=1S/C21H23N5S/c1-14-8-7-9-15(12-14)18(16-10-5-6-11-22-16)24-19-25-26-13-17(21(2,3)4)23-20(26)27-19/h5-13,18H,1-4H3,(H,24,25).